The lowest BCUT2D eigenvalue weighted by atomic mass is 10.1. The molecule has 1 aliphatic heterocycles. The van der Waals surface area contributed by atoms with Crippen molar-refractivity contribution >= 4 is 0 Å². The summed E-state index contributed by atoms with van der Waals surface area (Å²) >= 11 is 0. The molecule has 52 valence electrons. The molecule has 1 N–H and O–H groups in total. The van der Waals surface area contributed by atoms with Gasteiger partial charge < -0.3 is 9.84 Å². The van der Waals surface area contributed by atoms with Crippen molar-refractivity contribution < 1.29 is 14.8 Å². The third-order valence-electron chi connectivity index (χ3n) is 1.24. The fourth-order valence-corrected chi connectivity index (χ4v) is 0.640. The molecule has 0 radical (unpaired) electrons. The Balaban J connectivity index is 2.21. The highest BCUT2D eigenvalue weighted by Crippen LogP contribution is 2.11. The molecule has 0 aromatic carbocycles. The third-order valence-corrected chi connectivity index (χ3v) is 1.24. The summed E-state index contributed by atoms with van der Waals surface area (Å²) in [5, 5.41) is 18.5. The van der Waals surface area contributed by atoms with Gasteiger partial charge in [0.05, 0.1) is 6.61 Å². The molecule has 0 saturated carbocycles. The second kappa shape index (κ2) is 2.28. The van der Waals surface area contributed by atoms with Crippen molar-refractivity contribution in [2.75, 3.05) is 13.2 Å². The number of hydrogen-bond acceptors (Lipinski definition) is 4. The van der Waals surface area contributed by atoms with E-state index < -0.39 is 17.1 Å². The van der Waals surface area contributed by atoms with Crippen LogP contribution in [0, 0.1) is 10.1 Å². The van der Waals surface area contributed by atoms with Crippen molar-refractivity contribution in [1.82, 2.24) is 0 Å². The molecule has 2 atom stereocenters. The molecule has 9 heavy (non-hydrogen) atoms. The molecule has 2 unspecified atom stereocenters. The zero-order valence-electron chi connectivity index (χ0n) is 4.69. The smallest absolute Gasteiger partial charge is 0.232 e. The quantitative estimate of drug-likeness (QED) is 0.388. The molecule has 1 aliphatic rings. The Hall–Kier alpha value is -0.680. The second-order valence-corrected chi connectivity index (χ2v) is 1.95. The minimum Gasteiger partial charge on any atom is -0.388 e. The molecule has 1 heterocycles. The van der Waals surface area contributed by atoms with Crippen LogP contribution in [0.2, 0.25) is 0 Å². The maximum Gasteiger partial charge on any atom is 0.232 e. The summed E-state index contributed by atoms with van der Waals surface area (Å²) < 4.78 is 4.66. The van der Waals surface area contributed by atoms with E-state index in [1.807, 2.05) is 0 Å². The average Bonchev–Trinajstić information content (AvgIpc) is 1.79. The summed E-state index contributed by atoms with van der Waals surface area (Å²) in [6.07, 6.45) is -1.20. The Morgan fingerprint density at radius 1 is 1.89 bits per heavy atom. The Labute approximate surface area is 51.4 Å². The normalized spacial score (nSPS) is 33.4. The van der Waals surface area contributed by atoms with Crippen LogP contribution < -0.4 is 0 Å². The fourth-order valence-electron chi connectivity index (χ4n) is 0.640. The van der Waals surface area contributed by atoms with E-state index in [4.69, 9.17) is 5.11 Å². The van der Waals surface area contributed by atoms with Gasteiger partial charge in [-0.25, -0.2) is 0 Å². The number of ether oxygens (including phenoxy) is 1. The topological polar surface area (TPSA) is 72.6 Å². The minimum atomic E-state index is -0.629. The van der Waals surface area contributed by atoms with Gasteiger partial charge in [0.15, 0.2) is 0 Å². The molecule has 0 amide bonds. The molecule has 0 aromatic heterocycles. The number of nitrogens with zero attached hydrogens (tertiary/aromatic N) is 1. The lowest BCUT2D eigenvalue weighted by Crippen LogP contribution is -2.48. The first-order valence-corrected chi connectivity index (χ1v) is 2.61. The zero-order valence-corrected chi connectivity index (χ0v) is 4.69. The minimum absolute atomic E-state index is 0.235. The second-order valence-electron chi connectivity index (χ2n) is 1.95. The van der Waals surface area contributed by atoms with Gasteiger partial charge in [0.2, 0.25) is 6.54 Å². The van der Waals surface area contributed by atoms with E-state index in [1.165, 1.54) is 0 Å². The summed E-state index contributed by atoms with van der Waals surface area (Å²) in [6, 6.07) is 0. The molecule has 0 spiro atoms. The predicted molar refractivity (Wildman–Crippen MR) is 27.6 cm³/mol. The largest absolute Gasteiger partial charge is 0.388 e. The van der Waals surface area contributed by atoms with Crippen LogP contribution in [0.25, 0.3) is 0 Å². The van der Waals surface area contributed by atoms with Crippen LogP contribution in [0.3, 0.4) is 0 Å². The van der Waals surface area contributed by atoms with E-state index in [-0.39, 0.29) is 13.2 Å². The molecule has 1 saturated heterocycles. The van der Waals surface area contributed by atoms with E-state index in [0.717, 1.165) is 0 Å². The van der Waals surface area contributed by atoms with E-state index in [1.54, 1.807) is 0 Å². The van der Waals surface area contributed by atoms with Crippen molar-refractivity contribution in [2.45, 2.75) is 12.2 Å². The van der Waals surface area contributed by atoms with E-state index in [0.29, 0.717) is 0 Å². The van der Waals surface area contributed by atoms with Crippen LogP contribution >= 0.6 is 0 Å². The first kappa shape index (κ1) is 6.44. The maximum atomic E-state index is 9.76. The van der Waals surface area contributed by atoms with Gasteiger partial charge in [0, 0.05) is 4.92 Å². The van der Waals surface area contributed by atoms with E-state index >= 15 is 0 Å². The number of nitro groups is 1. The van der Waals surface area contributed by atoms with E-state index in [2.05, 4.69) is 4.74 Å². The maximum absolute atomic E-state index is 9.76. The van der Waals surface area contributed by atoms with Crippen LogP contribution in [0.15, 0.2) is 0 Å². The van der Waals surface area contributed by atoms with Crippen LogP contribution in [-0.2, 0) is 4.74 Å². The van der Waals surface area contributed by atoms with Gasteiger partial charge in [0.25, 0.3) is 0 Å². The Kier molecular flexibility index (Phi) is 1.63. The summed E-state index contributed by atoms with van der Waals surface area (Å²) in [6.45, 7) is -0.0559. The van der Waals surface area contributed by atoms with Gasteiger partial charge in [-0.15, -0.1) is 0 Å². The van der Waals surface area contributed by atoms with E-state index in [9.17, 15) is 10.1 Å². The molecular weight excluding hydrogens is 126 g/mol. The monoisotopic (exact) mass is 133 g/mol. The first-order chi connectivity index (χ1) is 4.20. The predicted octanol–water partition coefficient (Wildman–Crippen LogP) is -0.977. The van der Waals surface area contributed by atoms with Crippen molar-refractivity contribution in [3.05, 3.63) is 10.1 Å². The molecule has 0 aliphatic carbocycles. The third kappa shape index (κ3) is 1.36. The number of aliphatic hydroxyl groups excluding tert-OH is 1. The van der Waals surface area contributed by atoms with Crippen LogP contribution in [0.5, 0.6) is 0 Å². The molecule has 0 aromatic rings. The molecule has 0 bridgehead atoms. The van der Waals surface area contributed by atoms with Crippen molar-refractivity contribution in [3.63, 3.8) is 0 Å². The van der Waals surface area contributed by atoms with Crippen LogP contribution in [-0.4, -0.2) is 35.4 Å². The molecule has 5 nitrogen and oxygen atoms in total. The van der Waals surface area contributed by atoms with Gasteiger partial charge in [0.1, 0.15) is 12.2 Å². The summed E-state index contributed by atoms with van der Waals surface area (Å²) in [4.78, 5) is 9.27. The SMILES string of the molecule is O=[N+]([O-])CC1OCC1O. The Morgan fingerprint density at radius 3 is 2.67 bits per heavy atom. The van der Waals surface area contributed by atoms with Crippen molar-refractivity contribution in [1.29, 1.82) is 0 Å². The lowest BCUT2D eigenvalue weighted by molar-refractivity contribution is -0.501. The van der Waals surface area contributed by atoms with Gasteiger partial charge in [-0.1, -0.05) is 0 Å². The Morgan fingerprint density at radius 2 is 2.56 bits per heavy atom. The zero-order chi connectivity index (χ0) is 6.85. The summed E-state index contributed by atoms with van der Waals surface area (Å²) in [5.41, 5.74) is 0. The van der Waals surface area contributed by atoms with Gasteiger partial charge >= 0.3 is 0 Å². The lowest BCUT2D eigenvalue weighted by Gasteiger charge is -2.29. The highest BCUT2D eigenvalue weighted by atomic mass is 16.6. The summed E-state index contributed by atoms with van der Waals surface area (Å²) in [5.74, 6) is 0. The molecule has 5 heteroatoms. The first-order valence-electron chi connectivity index (χ1n) is 2.61. The standard InChI is InChI=1S/C4H7NO4/c6-3-2-9-4(3)1-5(7)8/h3-4,6H,1-2H2. The summed E-state index contributed by atoms with van der Waals surface area (Å²) in [7, 11) is 0. The van der Waals surface area contributed by atoms with Crippen LogP contribution in [0.4, 0.5) is 0 Å². The number of aliphatic hydroxyl groups is 1. The van der Waals surface area contributed by atoms with Gasteiger partial charge in [-0.3, -0.25) is 10.1 Å². The molecule has 1 rings (SSSR count). The van der Waals surface area contributed by atoms with Crippen molar-refractivity contribution in [2.24, 2.45) is 0 Å². The molecular formula is C4H7NO4. The van der Waals surface area contributed by atoms with Crippen molar-refractivity contribution in [3.8, 4) is 0 Å². The van der Waals surface area contributed by atoms with Gasteiger partial charge in [-0.05, 0) is 0 Å². The fraction of sp³-hybridized carbons (Fsp3) is 1.00. The number of rotatable bonds is 2. The highest BCUT2D eigenvalue weighted by Gasteiger charge is 2.34. The molecule has 1 fully saturated rings. The Bertz CT molecular complexity index is 126. The average molecular weight is 133 g/mol. The van der Waals surface area contributed by atoms with Gasteiger partial charge in [-0.2, -0.15) is 0 Å². The van der Waals surface area contributed by atoms with Crippen LogP contribution in [0.1, 0.15) is 0 Å². The number of hydrogen-bond donors (Lipinski definition) is 1. The highest BCUT2D eigenvalue weighted by molar-refractivity contribution is 4.76.